The standard InChI is InChI=1S/C22H23N5/c1-17(19-9-5-7-14-24-19)27(15-12-18-8-4-6-13-23-18)16-22-25-20-10-2-3-11-21(20)26-22/h2-11,13-14,17H,12,15-16H2,1H3,(H,25,26). The molecule has 0 fully saturated rings. The van der Waals surface area contributed by atoms with Crippen LogP contribution in [0.5, 0.6) is 0 Å². The molecule has 0 spiro atoms. The van der Waals surface area contributed by atoms with E-state index >= 15 is 0 Å². The number of pyridine rings is 2. The number of para-hydroxylation sites is 2. The van der Waals surface area contributed by atoms with Crippen LogP contribution >= 0.6 is 0 Å². The van der Waals surface area contributed by atoms with Gasteiger partial charge in [-0.15, -0.1) is 0 Å². The van der Waals surface area contributed by atoms with Crippen LogP contribution in [0.4, 0.5) is 0 Å². The van der Waals surface area contributed by atoms with E-state index in [0.717, 1.165) is 47.8 Å². The van der Waals surface area contributed by atoms with E-state index < -0.39 is 0 Å². The molecule has 5 heteroatoms. The van der Waals surface area contributed by atoms with E-state index in [2.05, 4.69) is 45.0 Å². The number of aromatic amines is 1. The summed E-state index contributed by atoms with van der Waals surface area (Å²) in [5.41, 5.74) is 4.24. The first-order valence-corrected chi connectivity index (χ1v) is 9.28. The zero-order chi connectivity index (χ0) is 18.5. The number of nitrogens with zero attached hydrogens (tertiary/aromatic N) is 4. The summed E-state index contributed by atoms with van der Waals surface area (Å²) in [6.07, 6.45) is 4.59. The van der Waals surface area contributed by atoms with Gasteiger partial charge < -0.3 is 4.98 Å². The SMILES string of the molecule is CC(c1ccccn1)N(CCc1ccccn1)Cc1nc2ccccc2[nH]1. The molecule has 4 rings (SSSR count). The lowest BCUT2D eigenvalue weighted by Crippen LogP contribution is -2.30. The van der Waals surface area contributed by atoms with Crippen molar-refractivity contribution >= 4 is 11.0 Å². The maximum Gasteiger partial charge on any atom is 0.121 e. The van der Waals surface area contributed by atoms with Crippen LogP contribution in [0.1, 0.15) is 30.2 Å². The lowest BCUT2D eigenvalue weighted by molar-refractivity contribution is 0.195. The minimum atomic E-state index is 0.183. The molecule has 1 atom stereocenters. The molecule has 3 heterocycles. The Morgan fingerprint density at radius 2 is 1.70 bits per heavy atom. The molecule has 0 aliphatic carbocycles. The van der Waals surface area contributed by atoms with Crippen molar-refractivity contribution < 1.29 is 0 Å². The molecule has 136 valence electrons. The molecule has 27 heavy (non-hydrogen) atoms. The first-order valence-electron chi connectivity index (χ1n) is 9.28. The van der Waals surface area contributed by atoms with Crippen molar-refractivity contribution in [1.29, 1.82) is 0 Å². The maximum atomic E-state index is 4.75. The van der Waals surface area contributed by atoms with Gasteiger partial charge in [0.25, 0.3) is 0 Å². The minimum Gasteiger partial charge on any atom is -0.341 e. The average molecular weight is 357 g/mol. The zero-order valence-corrected chi connectivity index (χ0v) is 15.4. The third kappa shape index (κ3) is 4.20. The monoisotopic (exact) mass is 357 g/mol. The summed E-state index contributed by atoms with van der Waals surface area (Å²) in [5, 5.41) is 0. The number of fused-ring (bicyclic) bond motifs is 1. The molecule has 0 aliphatic heterocycles. The topological polar surface area (TPSA) is 57.7 Å². The Bertz CT molecular complexity index is 948. The number of hydrogen-bond donors (Lipinski definition) is 1. The fourth-order valence-corrected chi connectivity index (χ4v) is 3.30. The van der Waals surface area contributed by atoms with Crippen LogP contribution in [0.2, 0.25) is 0 Å². The second kappa shape index (κ2) is 8.10. The smallest absolute Gasteiger partial charge is 0.121 e. The van der Waals surface area contributed by atoms with Crippen molar-refractivity contribution in [3.63, 3.8) is 0 Å². The van der Waals surface area contributed by atoms with Gasteiger partial charge in [-0.3, -0.25) is 14.9 Å². The molecule has 0 saturated heterocycles. The van der Waals surface area contributed by atoms with Gasteiger partial charge in [-0.25, -0.2) is 4.98 Å². The second-order valence-electron chi connectivity index (χ2n) is 6.67. The molecule has 1 unspecified atom stereocenters. The van der Waals surface area contributed by atoms with E-state index in [4.69, 9.17) is 4.98 Å². The van der Waals surface area contributed by atoms with Gasteiger partial charge >= 0.3 is 0 Å². The van der Waals surface area contributed by atoms with Crippen molar-refractivity contribution in [3.8, 4) is 0 Å². The molecule has 4 aromatic rings. The Hall–Kier alpha value is -3.05. The minimum absolute atomic E-state index is 0.183. The summed E-state index contributed by atoms with van der Waals surface area (Å²) in [4.78, 5) is 19.6. The van der Waals surface area contributed by atoms with Crippen molar-refractivity contribution in [1.82, 2.24) is 24.8 Å². The summed E-state index contributed by atoms with van der Waals surface area (Å²) in [7, 11) is 0. The van der Waals surface area contributed by atoms with Crippen molar-refractivity contribution in [2.45, 2.75) is 25.9 Å². The van der Waals surface area contributed by atoms with E-state index in [0.29, 0.717) is 0 Å². The number of benzene rings is 1. The zero-order valence-electron chi connectivity index (χ0n) is 15.4. The number of H-pyrrole nitrogens is 1. The summed E-state index contributed by atoms with van der Waals surface area (Å²) in [6, 6.07) is 20.5. The normalized spacial score (nSPS) is 12.5. The van der Waals surface area contributed by atoms with Gasteiger partial charge in [-0.05, 0) is 43.3 Å². The Kier molecular flexibility index (Phi) is 5.21. The van der Waals surface area contributed by atoms with E-state index in [9.17, 15) is 0 Å². The first kappa shape index (κ1) is 17.4. The van der Waals surface area contributed by atoms with Crippen LogP contribution in [-0.2, 0) is 13.0 Å². The fraction of sp³-hybridized carbons (Fsp3) is 0.227. The van der Waals surface area contributed by atoms with Gasteiger partial charge in [0, 0.05) is 37.1 Å². The molecular weight excluding hydrogens is 334 g/mol. The van der Waals surface area contributed by atoms with E-state index in [1.54, 1.807) is 0 Å². The molecule has 3 aromatic heterocycles. The molecule has 5 nitrogen and oxygen atoms in total. The van der Waals surface area contributed by atoms with Crippen molar-refractivity contribution in [2.75, 3.05) is 6.54 Å². The summed E-state index contributed by atoms with van der Waals surface area (Å²) in [5.74, 6) is 0.972. The molecule has 0 saturated carbocycles. The van der Waals surface area contributed by atoms with Crippen molar-refractivity contribution in [3.05, 3.63) is 90.3 Å². The third-order valence-corrected chi connectivity index (χ3v) is 4.84. The van der Waals surface area contributed by atoms with Gasteiger partial charge in [0.2, 0.25) is 0 Å². The maximum absolute atomic E-state index is 4.75. The van der Waals surface area contributed by atoms with Gasteiger partial charge in [0.1, 0.15) is 5.82 Å². The third-order valence-electron chi connectivity index (χ3n) is 4.84. The van der Waals surface area contributed by atoms with Crippen LogP contribution in [0, 0.1) is 0 Å². The highest BCUT2D eigenvalue weighted by Gasteiger charge is 2.19. The van der Waals surface area contributed by atoms with E-state index in [1.165, 1.54) is 0 Å². The Morgan fingerprint density at radius 1 is 0.926 bits per heavy atom. The van der Waals surface area contributed by atoms with Crippen LogP contribution in [0.3, 0.4) is 0 Å². The highest BCUT2D eigenvalue weighted by Crippen LogP contribution is 2.21. The fourth-order valence-electron chi connectivity index (χ4n) is 3.30. The predicted molar refractivity (Wildman–Crippen MR) is 107 cm³/mol. The molecule has 0 amide bonds. The number of nitrogens with one attached hydrogen (secondary N) is 1. The molecule has 0 aliphatic rings. The van der Waals surface area contributed by atoms with Gasteiger partial charge in [-0.1, -0.05) is 24.3 Å². The summed E-state index contributed by atoms with van der Waals surface area (Å²) >= 11 is 0. The summed E-state index contributed by atoms with van der Waals surface area (Å²) in [6.45, 7) is 3.81. The lowest BCUT2D eigenvalue weighted by atomic mass is 10.1. The molecule has 1 N–H and O–H groups in total. The molecule has 0 bridgehead atoms. The predicted octanol–water partition coefficient (Wildman–Crippen LogP) is 4.16. The first-order chi connectivity index (χ1) is 13.3. The number of imidazole rings is 1. The summed E-state index contributed by atoms with van der Waals surface area (Å²) < 4.78 is 0. The van der Waals surface area contributed by atoms with Crippen LogP contribution < -0.4 is 0 Å². The van der Waals surface area contributed by atoms with Crippen LogP contribution in [0.25, 0.3) is 11.0 Å². The van der Waals surface area contributed by atoms with E-state index in [1.807, 2.05) is 54.9 Å². The molecular formula is C22H23N5. The molecule has 1 aromatic carbocycles. The van der Waals surface area contributed by atoms with Crippen molar-refractivity contribution in [2.24, 2.45) is 0 Å². The lowest BCUT2D eigenvalue weighted by Gasteiger charge is -2.28. The Morgan fingerprint density at radius 3 is 2.44 bits per heavy atom. The highest BCUT2D eigenvalue weighted by atomic mass is 15.2. The number of rotatable bonds is 7. The average Bonchev–Trinajstić information content (AvgIpc) is 3.14. The van der Waals surface area contributed by atoms with Crippen LogP contribution in [0.15, 0.2) is 73.1 Å². The second-order valence-corrected chi connectivity index (χ2v) is 6.67. The van der Waals surface area contributed by atoms with Gasteiger partial charge in [0.15, 0.2) is 0 Å². The number of hydrogen-bond acceptors (Lipinski definition) is 4. The largest absolute Gasteiger partial charge is 0.341 e. The van der Waals surface area contributed by atoms with E-state index in [-0.39, 0.29) is 6.04 Å². The highest BCUT2D eigenvalue weighted by molar-refractivity contribution is 5.74. The Labute approximate surface area is 159 Å². The Balaban J connectivity index is 1.56. The van der Waals surface area contributed by atoms with Gasteiger partial charge in [-0.2, -0.15) is 0 Å². The molecule has 0 radical (unpaired) electrons. The number of aromatic nitrogens is 4. The van der Waals surface area contributed by atoms with Gasteiger partial charge in [0.05, 0.1) is 23.3 Å². The van der Waals surface area contributed by atoms with Crippen LogP contribution in [-0.4, -0.2) is 31.4 Å². The quantitative estimate of drug-likeness (QED) is 0.540.